The van der Waals surface area contributed by atoms with Crippen molar-refractivity contribution in [3.05, 3.63) is 66.0 Å². The maximum atomic E-state index is 12.6. The van der Waals surface area contributed by atoms with Crippen molar-refractivity contribution in [1.29, 1.82) is 0 Å². The van der Waals surface area contributed by atoms with Crippen LogP contribution in [0.2, 0.25) is 10.0 Å². The summed E-state index contributed by atoms with van der Waals surface area (Å²) < 4.78 is 6.20. The van der Waals surface area contributed by atoms with Crippen molar-refractivity contribution in [2.45, 2.75) is 6.54 Å². The lowest BCUT2D eigenvalue weighted by Crippen LogP contribution is -2.27. The van der Waals surface area contributed by atoms with Crippen molar-refractivity contribution in [2.24, 2.45) is 0 Å². The molecule has 1 aliphatic rings. The number of imide groups is 1. The second kappa shape index (κ2) is 8.21. The minimum atomic E-state index is -0.332. The molecule has 0 spiro atoms. The molecular weight excluding hydrogens is 508 g/mol. The maximum Gasteiger partial charge on any atom is 0.293 e. The van der Waals surface area contributed by atoms with Crippen molar-refractivity contribution in [3.63, 3.8) is 0 Å². The van der Waals surface area contributed by atoms with E-state index in [1.54, 1.807) is 18.2 Å². The molecule has 1 saturated heterocycles. The number of hydrogen-bond acceptors (Lipinski definition) is 4. The van der Waals surface area contributed by atoms with Gasteiger partial charge in [-0.1, -0.05) is 35.3 Å². The van der Waals surface area contributed by atoms with E-state index in [2.05, 4.69) is 22.6 Å². The fraction of sp³-hybridized carbons (Fsp3) is 0.111. The number of carbonyl (C=O) groups excluding carboxylic acids is 2. The van der Waals surface area contributed by atoms with Crippen LogP contribution in [0, 0.1) is 3.57 Å². The number of amides is 2. The van der Waals surface area contributed by atoms with Gasteiger partial charge < -0.3 is 4.74 Å². The Morgan fingerprint density at radius 3 is 2.35 bits per heavy atom. The molecule has 0 N–H and O–H groups in total. The third-order valence-electron chi connectivity index (χ3n) is 3.65. The van der Waals surface area contributed by atoms with Crippen LogP contribution in [0.1, 0.15) is 11.1 Å². The summed E-state index contributed by atoms with van der Waals surface area (Å²) in [7, 11) is 1.47. The van der Waals surface area contributed by atoms with Gasteiger partial charge in [0.25, 0.3) is 11.1 Å². The van der Waals surface area contributed by atoms with Crippen LogP contribution in [0.5, 0.6) is 5.75 Å². The second-order valence-electron chi connectivity index (χ2n) is 5.41. The first-order valence-electron chi connectivity index (χ1n) is 7.42. The average molecular weight is 520 g/mol. The Morgan fingerprint density at radius 1 is 1.15 bits per heavy atom. The Kier molecular flexibility index (Phi) is 6.17. The van der Waals surface area contributed by atoms with E-state index < -0.39 is 0 Å². The highest BCUT2D eigenvalue weighted by molar-refractivity contribution is 14.1. The molecule has 0 atom stereocenters. The minimum Gasteiger partial charge on any atom is -0.494 e. The number of halogens is 3. The minimum absolute atomic E-state index is 0.239. The average Bonchev–Trinajstić information content (AvgIpc) is 2.84. The zero-order valence-corrected chi connectivity index (χ0v) is 17.9. The van der Waals surface area contributed by atoms with E-state index in [1.165, 1.54) is 12.0 Å². The number of benzene rings is 2. The Bertz CT molecular complexity index is 892. The number of rotatable bonds is 4. The number of ether oxygens (including phenoxy) is 1. The molecular formula is C18H12Cl2INO3S. The van der Waals surface area contributed by atoms with Crippen molar-refractivity contribution >= 4 is 74.8 Å². The number of thioether (sulfide) groups is 1. The Morgan fingerprint density at radius 2 is 1.77 bits per heavy atom. The van der Waals surface area contributed by atoms with Crippen LogP contribution >= 0.6 is 57.6 Å². The third-order valence-corrected chi connectivity index (χ3v) is 5.84. The normalized spacial score (nSPS) is 15.8. The summed E-state index contributed by atoms with van der Waals surface area (Å²) >= 11 is 15.4. The summed E-state index contributed by atoms with van der Waals surface area (Å²) in [6, 6.07) is 11.0. The SMILES string of the molecule is COc1c(Cl)cc(/C=C2\SC(=O)N(Cc3ccc(I)cc3)C2=O)cc1Cl. The zero-order chi connectivity index (χ0) is 18.8. The molecule has 2 amide bonds. The summed E-state index contributed by atoms with van der Waals surface area (Å²) in [5.74, 6) is 0.0407. The molecule has 134 valence electrons. The van der Waals surface area contributed by atoms with E-state index >= 15 is 0 Å². The fourth-order valence-corrected chi connectivity index (χ4v) is 4.27. The molecule has 1 aliphatic heterocycles. The van der Waals surface area contributed by atoms with Gasteiger partial charge in [-0.05, 0) is 75.8 Å². The molecule has 26 heavy (non-hydrogen) atoms. The van der Waals surface area contributed by atoms with Crippen LogP contribution in [0.25, 0.3) is 6.08 Å². The molecule has 2 aromatic rings. The summed E-state index contributed by atoms with van der Waals surface area (Å²) in [6.45, 7) is 0.239. The standard InChI is InChI=1S/C18H12Cl2INO3S/c1-25-16-13(19)6-11(7-14(16)20)8-15-17(23)22(18(24)26-15)9-10-2-4-12(21)5-3-10/h2-8H,9H2,1H3/b15-8-. The summed E-state index contributed by atoms with van der Waals surface area (Å²) in [5.41, 5.74) is 1.52. The van der Waals surface area contributed by atoms with Gasteiger partial charge >= 0.3 is 0 Å². The fourth-order valence-electron chi connectivity index (χ4n) is 2.42. The van der Waals surface area contributed by atoms with E-state index in [-0.39, 0.29) is 17.7 Å². The molecule has 0 aliphatic carbocycles. The lowest BCUT2D eigenvalue weighted by atomic mass is 10.2. The van der Waals surface area contributed by atoms with E-state index in [1.807, 2.05) is 24.3 Å². The molecule has 0 saturated carbocycles. The highest BCUT2D eigenvalue weighted by atomic mass is 127. The molecule has 1 fully saturated rings. The molecule has 1 heterocycles. The van der Waals surface area contributed by atoms with Gasteiger partial charge in [-0.2, -0.15) is 0 Å². The van der Waals surface area contributed by atoms with Crippen molar-refractivity contribution < 1.29 is 14.3 Å². The predicted octanol–water partition coefficient (Wildman–Crippen LogP) is 5.84. The smallest absolute Gasteiger partial charge is 0.293 e. The Labute approximate surface area is 178 Å². The van der Waals surface area contributed by atoms with E-state index in [9.17, 15) is 9.59 Å². The van der Waals surface area contributed by atoms with Gasteiger partial charge in [-0.15, -0.1) is 0 Å². The molecule has 4 nitrogen and oxygen atoms in total. The topological polar surface area (TPSA) is 46.6 Å². The van der Waals surface area contributed by atoms with Gasteiger partial charge in [0.1, 0.15) is 0 Å². The van der Waals surface area contributed by atoms with Gasteiger partial charge in [0.2, 0.25) is 0 Å². The molecule has 0 unspecified atom stereocenters. The van der Waals surface area contributed by atoms with Crippen LogP contribution in [-0.4, -0.2) is 23.2 Å². The van der Waals surface area contributed by atoms with Gasteiger partial charge in [0.05, 0.1) is 28.6 Å². The monoisotopic (exact) mass is 519 g/mol. The molecule has 2 aromatic carbocycles. The summed E-state index contributed by atoms with van der Waals surface area (Å²) in [6.07, 6.45) is 1.61. The Balaban J connectivity index is 1.84. The first-order valence-corrected chi connectivity index (χ1v) is 10.1. The number of nitrogens with zero attached hydrogens (tertiary/aromatic N) is 1. The lowest BCUT2D eigenvalue weighted by molar-refractivity contribution is -0.123. The van der Waals surface area contributed by atoms with Gasteiger partial charge in [-0.3, -0.25) is 14.5 Å². The molecule has 0 aromatic heterocycles. The van der Waals surface area contributed by atoms with Crippen LogP contribution in [-0.2, 0) is 11.3 Å². The molecule has 3 rings (SSSR count). The highest BCUT2D eigenvalue weighted by Gasteiger charge is 2.35. The molecule has 0 radical (unpaired) electrons. The van der Waals surface area contributed by atoms with E-state index in [0.29, 0.717) is 26.3 Å². The zero-order valence-electron chi connectivity index (χ0n) is 13.5. The van der Waals surface area contributed by atoms with Crippen LogP contribution < -0.4 is 4.74 Å². The van der Waals surface area contributed by atoms with Gasteiger partial charge in [0.15, 0.2) is 5.75 Å². The maximum absolute atomic E-state index is 12.6. The van der Waals surface area contributed by atoms with Crippen LogP contribution in [0.3, 0.4) is 0 Å². The summed E-state index contributed by atoms with van der Waals surface area (Å²) in [5, 5.41) is 0.374. The van der Waals surface area contributed by atoms with Gasteiger partial charge in [0, 0.05) is 3.57 Å². The third kappa shape index (κ3) is 4.19. The lowest BCUT2D eigenvalue weighted by Gasteiger charge is -2.12. The quantitative estimate of drug-likeness (QED) is 0.376. The van der Waals surface area contributed by atoms with Crippen molar-refractivity contribution in [1.82, 2.24) is 4.90 Å². The number of methoxy groups -OCH3 is 1. The van der Waals surface area contributed by atoms with Crippen LogP contribution in [0.4, 0.5) is 4.79 Å². The first kappa shape index (κ1) is 19.5. The van der Waals surface area contributed by atoms with Crippen molar-refractivity contribution in [3.8, 4) is 5.75 Å². The molecule has 8 heteroatoms. The largest absolute Gasteiger partial charge is 0.494 e. The number of hydrogen-bond donors (Lipinski definition) is 0. The second-order valence-corrected chi connectivity index (χ2v) is 8.47. The van der Waals surface area contributed by atoms with E-state index in [0.717, 1.165) is 20.9 Å². The Hall–Kier alpha value is -1.22. The van der Waals surface area contributed by atoms with E-state index in [4.69, 9.17) is 27.9 Å². The predicted molar refractivity (Wildman–Crippen MR) is 114 cm³/mol. The van der Waals surface area contributed by atoms with Gasteiger partial charge in [-0.25, -0.2) is 0 Å². The summed E-state index contributed by atoms with van der Waals surface area (Å²) in [4.78, 5) is 26.4. The van der Waals surface area contributed by atoms with Crippen molar-refractivity contribution in [2.75, 3.05) is 7.11 Å². The first-order chi connectivity index (χ1) is 12.4. The van der Waals surface area contributed by atoms with Crippen LogP contribution in [0.15, 0.2) is 41.3 Å². The number of carbonyl (C=O) groups is 2. The highest BCUT2D eigenvalue weighted by Crippen LogP contribution is 2.37. The molecule has 0 bridgehead atoms.